The minimum absolute atomic E-state index is 0.150. The van der Waals surface area contributed by atoms with Crippen LogP contribution in [0, 0.1) is 17.7 Å². The van der Waals surface area contributed by atoms with Crippen LogP contribution in [0.15, 0.2) is 65.8 Å². The molecule has 1 aromatic carbocycles. The van der Waals surface area contributed by atoms with Crippen LogP contribution in [0.2, 0.25) is 0 Å². The van der Waals surface area contributed by atoms with E-state index in [0.29, 0.717) is 29.9 Å². The van der Waals surface area contributed by atoms with Gasteiger partial charge in [-0.15, -0.1) is 0 Å². The number of fused-ring (bicyclic) bond motifs is 1. The second kappa shape index (κ2) is 7.53. The molecule has 8 heteroatoms. The Morgan fingerprint density at radius 2 is 2.13 bits per heavy atom. The van der Waals surface area contributed by atoms with Crippen molar-refractivity contribution in [2.45, 2.75) is 13.5 Å². The second-order valence-electron chi connectivity index (χ2n) is 8.07. The van der Waals surface area contributed by atoms with Crippen LogP contribution in [0.4, 0.5) is 14.9 Å². The number of aliphatic imine (C=N–C) groups is 1. The van der Waals surface area contributed by atoms with Gasteiger partial charge in [0, 0.05) is 49.8 Å². The van der Waals surface area contributed by atoms with Crippen LogP contribution in [0.25, 0.3) is 0 Å². The van der Waals surface area contributed by atoms with Gasteiger partial charge in [0.15, 0.2) is 5.82 Å². The van der Waals surface area contributed by atoms with Gasteiger partial charge in [-0.2, -0.15) is 0 Å². The van der Waals surface area contributed by atoms with Crippen LogP contribution in [0.5, 0.6) is 0 Å². The molecule has 0 spiro atoms. The Kier molecular flexibility index (Phi) is 4.71. The molecule has 5 rings (SSSR count). The van der Waals surface area contributed by atoms with Gasteiger partial charge in [-0.3, -0.25) is 20.1 Å². The highest BCUT2D eigenvalue weighted by Gasteiger charge is 2.39. The van der Waals surface area contributed by atoms with Gasteiger partial charge < -0.3 is 4.90 Å². The van der Waals surface area contributed by atoms with E-state index in [-0.39, 0.29) is 17.8 Å². The monoisotopic (exact) mass is 406 g/mol. The fraction of sp³-hybridized carbons (Fsp3) is 0.318. The number of urea groups is 1. The van der Waals surface area contributed by atoms with E-state index < -0.39 is 0 Å². The highest BCUT2D eigenvalue weighted by Crippen LogP contribution is 2.30. The lowest BCUT2D eigenvalue weighted by Gasteiger charge is -2.28. The van der Waals surface area contributed by atoms with E-state index in [1.165, 1.54) is 17.7 Å². The molecule has 30 heavy (non-hydrogen) atoms. The Morgan fingerprint density at radius 1 is 1.23 bits per heavy atom. The number of halogens is 1. The molecule has 0 aliphatic carbocycles. The number of hydrogen-bond acceptors (Lipinski definition) is 5. The molecule has 1 N–H and O–H groups in total. The van der Waals surface area contributed by atoms with Crippen LogP contribution in [-0.2, 0) is 6.54 Å². The summed E-state index contributed by atoms with van der Waals surface area (Å²) >= 11 is 0. The van der Waals surface area contributed by atoms with E-state index in [4.69, 9.17) is 4.99 Å². The standard InChI is InChI=1S/C22H23FN6O/c1-15-10-27(11-16-4-3-7-24-9-16)12-19(15)21-25-20-13-28(14-29(20)22(30)26-21)18-6-2-5-17(23)8-18/h2-9,13,15,19H,10-12,14H2,1H3,(H,25,26,30). The fourth-order valence-corrected chi connectivity index (χ4v) is 4.35. The van der Waals surface area contributed by atoms with E-state index in [0.717, 1.165) is 19.6 Å². The van der Waals surface area contributed by atoms with E-state index in [1.807, 2.05) is 23.2 Å². The van der Waals surface area contributed by atoms with Crippen LogP contribution < -0.4 is 10.2 Å². The van der Waals surface area contributed by atoms with Crippen LogP contribution in [0.1, 0.15) is 12.5 Å². The number of benzene rings is 1. The Bertz CT molecular complexity index is 1020. The Labute approximate surface area is 174 Å². The summed E-state index contributed by atoms with van der Waals surface area (Å²) in [5, 5.41) is 2.98. The maximum atomic E-state index is 13.6. The molecule has 1 fully saturated rings. The molecule has 154 valence electrons. The van der Waals surface area contributed by atoms with Crippen LogP contribution in [-0.4, -0.2) is 46.4 Å². The van der Waals surface area contributed by atoms with Crippen molar-refractivity contribution in [3.8, 4) is 0 Å². The number of amides is 2. The average Bonchev–Trinajstić information content (AvgIpc) is 3.32. The molecule has 2 atom stereocenters. The van der Waals surface area contributed by atoms with Gasteiger partial charge in [-0.05, 0) is 35.7 Å². The third-order valence-electron chi connectivity index (χ3n) is 5.86. The second-order valence-corrected chi connectivity index (χ2v) is 8.07. The SMILES string of the molecule is CC1CN(Cc2cccnc2)CC1C1=NC2=CN(c3cccc(F)c3)CN2C(=O)N1. The Hall–Kier alpha value is -3.26. The molecule has 1 saturated heterocycles. The van der Waals surface area contributed by atoms with Gasteiger partial charge in [0.25, 0.3) is 0 Å². The van der Waals surface area contributed by atoms with Gasteiger partial charge >= 0.3 is 6.03 Å². The molecule has 2 amide bonds. The first-order chi connectivity index (χ1) is 14.6. The minimum atomic E-state index is -0.307. The number of nitrogens with zero attached hydrogens (tertiary/aromatic N) is 5. The number of anilines is 1. The van der Waals surface area contributed by atoms with Gasteiger partial charge in [-0.25, -0.2) is 14.2 Å². The summed E-state index contributed by atoms with van der Waals surface area (Å²) in [6.07, 6.45) is 5.47. The highest BCUT2D eigenvalue weighted by molar-refractivity contribution is 6.02. The molecule has 3 aliphatic heterocycles. The predicted molar refractivity (Wildman–Crippen MR) is 112 cm³/mol. The summed E-state index contributed by atoms with van der Waals surface area (Å²) < 4.78 is 13.6. The van der Waals surface area contributed by atoms with Gasteiger partial charge in [0.1, 0.15) is 18.3 Å². The number of rotatable bonds is 4. The molecular formula is C22H23FN6O. The van der Waals surface area contributed by atoms with Gasteiger partial charge in [0.2, 0.25) is 0 Å². The first kappa shape index (κ1) is 18.7. The maximum absolute atomic E-state index is 13.6. The third-order valence-corrected chi connectivity index (χ3v) is 5.86. The zero-order valence-corrected chi connectivity index (χ0v) is 16.7. The summed E-state index contributed by atoms with van der Waals surface area (Å²) in [5.41, 5.74) is 1.87. The topological polar surface area (TPSA) is 64.1 Å². The quantitative estimate of drug-likeness (QED) is 0.848. The summed E-state index contributed by atoms with van der Waals surface area (Å²) in [4.78, 5) is 27.5. The molecule has 7 nitrogen and oxygen atoms in total. The Balaban J connectivity index is 1.34. The summed E-state index contributed by atoms with van der Waals surface area (Å²) in [7, 11) is 0. The van der Waals surface area contributed by atoms with Gasteiger partial charge in [0.05, 0.1) is 0 Å². The van der Waals surface area contributed by atoms with E-state index in [2.05, 4.69) is 28.2 Å². The number of likely N-dealkylation sites (tertiary alicyclic amines) is 1. The lowest BCUT2D eigenvalue weighted by Crippen LogP contribution is -2.49. The first-order valence-electron chi connectivity index (χ1n) is 10.1. The molecule has 0 radical (unpaired) electrons. The number of amidine groups is 1. The van der Waals surface area contributed by atoms with Crippen molar-refractivity contribution in [2.24, 2.45) is 16.8 Å². The number of pyridine rings is 1. The third kappa shape index (κ3) is 3.54. The molecule has 1 aromatic heterocycles. The number of aromatic nitrogens is 1. The molecule has 0 bridgehead atoms. The van der Waals surface area contributed by atoms with Crippen molar-refractivity contribution >= 4 is 17.6 Å². The minimum Gasteiger partial charge on any atom is -0.325 e. The molecule has 4 heterocycles. The largest absolute Gasteiger partial charge is 0.329 e. The number of carbonyl (C=O) groups excluding carboxylic acids is 1. The van der Waals surface area contributed by atoms with Crippen molar-refractivity contribution in [2.75, 3.05) is 24.7 Å². The fourth-order valence-electron chi connectivity index (χ4n) is 4.35. The summed E-state index contributed by atoms with van der Waals surface area (Å²) in [6, 6.07) is 10.2. The van der Waals surface area contributed by atoms with Crippen molar-refractivity contribution < 1.29 is 9.18 Å². The summed E-state index contributed by atoms with van der Waals surface area (Å²) in [6.45, 7) is 5.10. The smallest absolute Gasteiger partial charge is 0.325 e. The van der Waals surface area contributed by atoms with E-state index >= 15 is 0 Å². The highest BCUT2D eigenvalue weighted by atomic mass is 19.1. The first-order valence-corrected chi connectivity index (χ1v) is 10.1. The van der Waals surface area contributed by atoms with E-state index in [1.54, 1.807) is 23.4 Å². The van der Waals surface area contributed by atoms with Crippen molar-refractivity contribution in [3.05, 3.63) is 72.2 Å². The molecular weight excluding hydrogens is 383 g/mol. The van der Waals surface area contributed by atoms with E-state index in [9.17, 15) is 9.18 Å². The lowest BCUT2D eigenvalue weighted by molar-refractivity contribution is 0.216. The van der Waals surface area contributed by atoms with Gasteiger partial charge in [-0.1, -0.05) is 19.1 Å². The number of nitrogens with one attached hydrogen (secondary N) is 1. The maximum Gasteiger partial charge on any atom is 0.329 e. The zero-order valence-electron chi connectivity index (χ0n) is 16.7. The molecule has 2 unspecified atom stereocenters. The Morgan fingerprint density at radius 3 is 2.93 bits per heavy atom. The lowest BCUT2D eigenvalue weighted by atomic mass is 9.96. The zero-order chi connectivity index (χ0) is 20.7. The molecule has 0 saturated carbocycles. The van der Waals surface area contributed by atoms with Crippen molar-refractivity contribution in [3.63, 3.8) is 0 Å². The average molecular weight is 406 g/mol. The number of carbonyl (C=O) groups is 1. The summed E-state index contributed by atoms with van der Waals surface area (Å²) in [5.74, 6) is 1.52. The predicted octanol–water partition coefficient (Wildman–Crippen LogP) is 2.99. The van der Waals surface area contributed by atoms with Crippen LogP contribution >= 0.6 is 0 Å². The van der Waals surface area contributed by atoms with Crippen molar-refractivity contribution in [1.29, 1.82) is 0 Å². The number of hydrogen-bond donors (Lipinski definition) is 1. The van der Waals surface area contributed by atoms with Crippen LogP contribution in [0.3, 0.4) is 0 Å². The normalized spacial score (nSPS) is 23.9. The van der Waals surface area contributed by atoms with Crippen molar-refractivity contribution in [1.82, 2.24) is 20.1 Å². The molecule has 2 aromatic rings. The molecule has 3 aliphatic rings.